The number of allylic oxidation sites excluding steroid dienone is 1. The Morgan fingerprint density at radius 3 is 2.27 bits per heavy atom. The van der Waals surface area contributed by atoms with Crippen molar-refractivity contribution >= 4 is 29.4 Å². The van der Waals surface area contributed by atoms with E-state index in [9.17, 15) is 29.1 Å². The van der Waals surface area contributed by atoms with Crippen molar-refractivity contribution in [2.24, 2.45) is 11.8 Å². The first-order valence-electron chi connectivity index (χ1n) is 14.1. The van der Waals surface area contributed by atoms with Gasteiger partial charge >= 0.3 is 0 Å². The van der Waals surface area contributed by atoms with Crippen LogP contribution in [0.1, 0.15) is 61.3 Å². The molecule has 2 heterocycles. The Balaban J connectivity index is 2.08. The molecule has 1 saturated heterocycles. The summed E-state index contributed by atoms with van der Waals surface area (Å²) in [6.45, 7) is 12.7. The normalized spacial score (nSPS) is 22.0. The molecule has 0 bridgehead atoms. The molecule has 0 aliphatic carbocycles. The van der Waals surface area contributed by atoms with E-state index in [4.69, 9.17) is 4.74 Å². The van der Waals surface area contributed by atoms with Crippen molar-refractivity contribution in [2.75, 3.05) is 20.6 Å². The number of likely N-dealkylation sites (N-methyl/N-ethyl adjacent to an activating group) is 1. The first-order valence-corrected chi connectivity index (χ1v) is 14.1. The molecule has 0 saturated carbocycles. The maximum Gasteiger partial charge on any atom is 0.260 e. The summed E-state index contributed by atoms with van der Waals surface area (Å²) in [4.78, 5) is 67.4. The topological polar surface area (TPSA) is 149 Å². The summed E-state index contributed by atoms with van der Waals surface area (Å²) < 4.78 is 5.35. The molecule has 2 rings (SSSR count). The number of imide groups is 1. The Morgan fingerprint density at radius 1 is 1.10 bits per heavy atom. The molecular weight excluding hydrogens is 528 g/mol. The largest absolute Gasteiger partial charge is 0.510 e. The molecule has 0 aromatic heterocycles. The second kappa shape index (κ2) is 14.5. The van der Waals surface area contributed by atoms with Gasteiger partial charge in [0.25, 0.3) is 11.8 Å². The summed E-state index contributed by atoms with van der Waals surface area (Å²) in [6.07, 6.45) is 4.21. The first-order chi connectivity index (χ1) is 19.0. The Bertz CT molecular complexity index is 1120. The molecule has 5 atom stereocenters. The van der Waals surface area contributed by atoms with E-state index in [1.54, 1.807) is 45.0 Å². The minimum atomic E-state index is -1.05. The average molecular weight is 575 g/mol. The van der Waals surface area contributed by atoms with Crippen LogP contribution in [0.5, 0.6) is 0 Å². The van der Waals surface area contributed by atoms with Gasteiger partial charge in [-0.05, 0) is 59.2 Å². The second-order valence-corrected chi connectivity index (χ2v) is 12.1. The fourth-order valence-electron chi connectivity index (χ4n) is 4.63. The smallest absolute Gasteiger partial charge is 0.260 e. The van der Waals surface area contributed by atoms with Crippen LogP contribution in [0.2, 0.25) is 0 Å². The third-order valence-corrected chi connectivity index (χ3v) is 6.78. The van der Waals surface area contributed by atoms with Gasteiger partial charge in [-0.25, -0.2) is 0 Å². The number of amides is 4. The van der Waals surface area contributed by atoms with E-state index in [2.05, 4.69) is 10.6 Å². The summed E-state index contributed by atoms with van der Waals surface area (Å²) >= 11 is 0. The molecule has 0 unspecified atom stereocenters. The number of nitrogens with zero attached hydrogens (tertiary/aromatic N) is 2. The highest BCUT2D eigenvalue weighted by Crippen LogP contribution is 2.30. The molecule has 0 radical (unpaired) electrons. The third-order valence-electron chi connectivity index (χ3n) is 6.78. The van der Waals surface area contributed by atoms with Crippen LogP contribution in [0.25, 0.3) is 0 Å². The van der Waals surface area contributed by atoms with Crippen LogP contribution in [0, 0.1) is 11.8 Å². The van der Waals surface area contributed by atoms with Crippen LogP contribution >= 0.6 is 0 Å². The minimum absolute atomic E-state index is 0.0312. The zero-order valence-electron chi connectivity index (χ0n) is 25.7. The van der Waals surface area contributed by atoms with Gasteiger partial charge in [-0.3, -0.25) is 28.9 Å². The molecule has 11 heteroatoms. The predicted octanol–water partition coefficient (Wildman–Crippen LogP) is 2.04. The molecule has 0 aromatic carbocycles. The molecule has 2 aliphatic heterocycles. The summed E-state index contributed by atoms with van der Waals surface area (Å²) in [5.74, 6) is -2.68. The maximum atomic E-state index is 13.6. The third kappa shape index (κ3) is 9.36. The van der Waals surface area contributed by atoms with Gasteiger partial charge in [-0.2, -0.15) is 0 Å². The number of rotatable bonds is 14. The van der Waals surface area contributed by atoms with Gasteiger partial charge in [-0.1, -0.05) is 45.4 Å². The fraction of sp³-hybridized carbons (Fsp3) is 0.633. The summed E-state index contributed by atoms with van der Waals surface area (Å²) in [5, 5.41) is 16.0. The minimum Gasteiger partial charge on any atom is -0.510 e. The van der Waals surface area contributed by atoms with Crippen LogP contribution in [0.15, 0.2) is 35.1 Å². The first kappa shape index (κ1) is 33.9. The number of epoxide rings is 1. The van der Waals surface area contributed by atoms with Gasteiger partial charge in [0.2, 0.25) is 11.8 Å². The van der Waals surface area contributed by atoms with E-state index in [1.165, 1.54) is 13.0 Å². The predicted molar refractivity (Wildman–Crippen MR) is 155 cm³/mol. The monoisotopic (exact) mass is 574 g/mol. The number of hydrogen-bond donors (Lipinski definition) is 3. The van der Waals surface area contributed by atoms with Gasteiger partial charge < -0.3 is 25.4 Å². The van der Waals surface area contributed by atoms with Crippen LogP contribution in [-0.4, -0.2) is 95.3 Å². The molecule has 11 nitrogen and oxygen atoms in total. The number of ether oxygens (including phenoxy) is 1. The highest BCUT2D eigenvalue weighted by atomic mass is 16.6. The van der Waals surface area contributed by atoms with E-state index in [0.717, 1.165) is 10.5 Å². The Labute approximate surface area is 243 Å². The van der Waals surface area contributed by atoms with Crippen molar-refractivity contribution in [2.45, 2.75) is 91.6 Å². The average Bonchev–Trinajstić information content (AvgIpc) is 3.59. The van der Waals surface area contributed by atoms with Gasteiger partial charge in [0.1, 0.15) is 23.9 Å². The molecular formula is C30H46N4O7. The molecule has 2 aliphatic rings. The van der Waals surface area contributed by atoms with Gasteiger partial charge in [0.15, 0.2) is 11.9 Å². The fourth-order valence-corrected chi connectivity index (χ4v) is 4.63. The zero-order valence-corrected chi connectivity index (χ0v) is 25.7. The van der Waals surface area contributed by atoms with Gasteiger partial charge in [0.05, 0.1) is 11.6 Å². The van der Waals surface area contributed by atoms with Crippen molar-refractivity contribution in [3.8, 4) is 0 Å². The number of aliphatic hydroxyl groups is 1. The summed E-state index contributed by atoms with van der Waals surface area (Å²) in [7, 11) is 3.50. The van der Waals surface area contributed by atoms with Crippen molar-refractivity contribution in [1.29, 1.82) is 0 Å². The van der Waals surface area contributed by atoms with Gasteiger partial charge in [0, 0.05) is 13.0 Å². The lowest BCUT2D eigenvalue weighted by Gasteiger charge is -2.32. The molecule has 4 amide bonds. The Morgan fingerprint density at radius 2 is 1.73 bits per heavy atom. The number of nitrogens with one attached hydrogen (secondary N) is 2. The van der Waals surface area contributed by atoms with E-state index >= 15 is 0 Å². The molecule has 0 spiro atoms. The van der Waals surface area contributed by atoms with E-state index in [0.29, 0.717) is 6.42 Å². The number of carbonyl (C=O) groups is 5. The van der Waals surface area contributed by atoms with Crippen molar-refractivity contribution in [1.82, 2.24) is 20.4 Å². The van der Waals surface area contributed by atoms with Crippen molar-refractivity contribution in [3.63, 3.8) is 0 Å². The van der Waals surface area contributed by atoms with Crippen LogP contribution in [0.4, 0.5) is 0 Å². The van der Waals surface area contributed by atoms with Crippen molar-refractivity contribution < 1.29 is 33.8 Å². The maximum absolute atomic E-state index is 13.6. The SMILES string of the molecule is CC(C)=CC(=O)[C@@H]1O[C@@H]1/C=C/CC(=O)N[C@H](CN(C)C)C(=O)N[C@H](C(=O)N1C(=O)C(C)=C(O)[C@@H]1CC(C)C)C(C)C. The van der Waals surface area contributed by atoms with E-state index < -0.39 is 47.9 Å². The standard InChI is InChI=1S/C30H46N4O7/c1-16(2)13-21-26(37)19(7)29(39)34(21)30(40)25(18(5)6)32-28(38)20(15-33(8)9)31-24(36)12-10-11-23-27(41-23)22(35)14-17(3)4/h10-11,14,16,18,20-21,23,25,27,37H,12-13,15H2,1-9H3,(H,31,36)(H,32,38)/b11-10+/t20-,21+,23-,25+,27+/m1/s1. The zero-order chi connectivity index (χ0) is 31.2. The molecule has 41 heavy (non-hydrogen) atoms. The Kier molecular flexibility index (Phi) is 12.0. The van der Waals surface area contributed by atoms with Crippen LogP contribution in [-0.2, 0) is 28.7 Å². The summed E-state index contributed by atoms with van der Waals surface area (Å²) in [6, 6.07) is -2.81. The lowest BCUT2D eigenvalue weighted by Crippen LogP contribution is -2.59. The van der Waals surface area contributed by atoms with Crippen LogP contribution < -0.4 is 10.6 Å². The highest BCUT2D eigenvalue weighted by molar-refractivity contribution is 6.09. The molecule has 3 N–H and O–H groups in total. The molecule has 0 aromatic rings. The van der Waals surface area contributed by atoms with Gasteiger partial charge in [-0.15, -0.1) is 0 Å². The second-order valence-electron chi connectivity index (χ2n) is 12.1. The number of carbonyl (C=O) groups excluding carboxylic acids is 5. The lowest BCUT2D eigenvalue weighted by atomic mass is 9.98. The number of hydrogen-bond acceptors (Lipinski definition) is 8. The quantitative estimate of drug-likeness (QED) is 0.162. The Hall–Kier alpha value is -3.31. The molecule has 228 valence electrons. The summed E-state index contributed by atoms with van der Waals surface area (Å²) in [5.41, 5.74) is 0.999. The van der Waals surface area contributed by atoms with Crippen molar-refractivity contribution in [3.05, 3.63) is 35.1 Å². The number of aliphatic hydroxyl groups excluding tert-OH is 1. The molecule has 1 fully saturated rings. The van der Waals surface area contributed by atoms with E-state index in [-0.39, 0.29) is 48.0 Å². The highest BCUT2D eigenvalue weighted by Gasteiger charge is 2.45. The lowest BCUT2D eigenvalue weighted by molar-refractivity contribution is -0.147. The van der Waals surface area contributed by atoms with Crippen LogP contribution in [0.3, 0.4) is 0 Å². The number of ketones is 1. The van der Waals surface area contributed by atoms with E-state index in [1.807, 2.05) is 27.7 Å².